The van der Waals surface area contributed by atoms with E-state index in [-0.39, 0.29) is 17.6 Å². The summed E-state index contributed by atoms with van der Waals surface area (Å²) in [5.41, 5.74) is 3.59. The molecule has 2 unspecified atom stereocenters. The zero-order valence-corrected chi connectivity index (χ0v) is 18.5. The van der Waals surface area contributed by atoms with Crippen molar-refractivity contribution in [3.63, 3.8) is 0 Å². The normalized spacial score (nSPS) is 22.5. The Hall–Kier alpha value is -2.49. The van der Waals surface area contributed by atoms with Crippen LogP contribution in [0.1, 0.15) is 81.0 Å². The number of carbonyl (C=O) groups excluding carboxylic acids is 1. The van der Waals surface area contributed by atoms with Gasteiger partial charge < -0.3 is 14.8 Å². The third-order valence-electron chi connectivity index (χ3n) is 7.30. The van der Waals surface area contributed by atoms with Gasteiger partial charge in [-0.1, -0.05) is 36.8 Å². The molecule has 2 aliphatic carbocycles. The van der Waals surface area contributed by atoms with Crippen molar-refractivity contribution in [2.75, 3.05) is 0 Å². The molecule has 2 aromatic carbocycles. The highest BCUT2D eigenvalue weighted by atomic mass is 16.5. The van der Waals surface area contributed by atoms with Crippen molar-refractivity contribution in [2.45, 2.75) is 88.9 Å². The van der Waals surface area contributed by atoms with Crippen LogP contribution in [0.3, 0.4) is 0 Å². The molecule has 3 aliphatic rings. The van der Waals surface area contributed by atoms with Gasteiger partial charge >= 0.3 is 0 Å². The van der Waals surface area contributed by atoms with Gasteiger partial charge in [-0.05, 0) is 81.5 Å². The molecule has 31 heavy (non-hydrogen) atoms. The Bertz CT molecular complexity index is 947. The summed E-state index contributed by atoms with van der Waals surface area (Å²) in [5, 5.41) is 3.30. The third-order valence-corrected chi connectivity index (χ3v) is 7.30. The van der Waals surface area contributed by atoms with Gasteiger partial charge in [0.15, 0.2) is 6.10 Å². The van der Waals surface area contributed by atoms with Gasteiger partial charge in [0.05, 0.1) is 6.04 Å². The molecular weight excluding hydrogens is 386 g/mol. The summed E-state index contributed by atoms with van der Waals surface area (Å²) in [6.45, 7) is 1.86. The first-order valence-corrected chi connectivity index (χ1v) is 12.0. The van der Waals surface area contributed by atoms with Crippen LogP contribution in [-0.4, -0.2) is 17.6 Å². The summed E-state index contributed by atoms with van der Waals surface area (Å²) in [7, 11) is 0. The monoisotopic (exact) mass is 419 g/mol. The molecule has 0 aromatic heterocycles. The average molecular weight is 420 g/mol. The maximum Gasteiger partial charge on any atom is 0.261 e. The van der Waals surface area contributed by atoms with E-state index in [2.05, 4.69) is 17.4 Å². The number of ether oxygens (including phenoxy) is 2. The fraction of sp³-hybridized carbons (Fsp3) is 0.519. The first kappa shape index (κ1) is 20.4. The lowest BCUT2D eigenvalue weighted by atomic mass is 9.77. The Kier molecular flexibility index (Phi) is 5.64. The van der Waals surface area contributed by atoms with Gasteiger partial charge in [0.1, 0.15) is 17.1 Å². The number of amides is 1. The third kappa shape index (κ3) is 4.17. The molecule has 1 spiro atoms. The van der Waals surface area contributed by atoms with Crippen molar-refractivity contribution in [1.82, 2.24) is 5.32 Å². The quantitative estimate of drug-likeness (QED) is 0.694. The lowest BCUT2D eigenvalue weighted by Crippen LogP contribution is -2.48. The van der Waals surface area contributed by atoms with E-state index < -0.39 is 6.10 Å². The van der Waals surface area contributed by atoms with Crippen molar-refractivity contribution in [3.8, 4) is 11.5 Å². The van der Waals surface area contributed by atoms with Gasteiger partial charge in [0.25, 0.3) is 5.91 Å². The Labute approximate surface area is 185 Å². The van der Waals surface area contributed by atoms with Crippen molar-refractivity contribution in [3.05, 3.63) is 59.2 Å². The Morgan fingerprint density at radius 1 is 1.03 bits per heavy atom. The molecule has 4 nitrogen and oxygen atoms in total. The van der Waals surface area contributed by atoms with E-state index in [4.69, 9.17) is 9.47 Å². The molecule has 1 aliphatic heterocycles. The summed E-state index contributed by atoms with van der Waals surface area (Å²) < 4.78 is 12.7. The summed E-state index contributed by atoms with van der Waals surface area (Å²) in [5.74, 6) is 1.74. The predicted molar refractivity (Wildman–Crippen MR) is 122 cm³/mol. The molecule has 1 N–H and O–H groups in total. The van der Waals surface area contributed by atoms with Crippen LogP contribution in [0.4, 0.5) is 0 Å². The zero-order chi connectivity index (χ0) is 21.3. The Morgan fingerprint density at radius 3 is 2.71 bits per heavy atom. The summed E-state index contributed by atoms with van der Waals surface area (Å²) >= 11 is 0. The number of carbonyl (C=O) groups is 1. The van der Waals surface area contributed by atoms with Crippen LogP contribution in [0.15, 0.2) is 42.5 Å². The first-order valence-electron chi connectivity index (χ1n) is 12.0. The van der Waals surface area contributed by atoms with E-state index in [1.165, 1.54) is 43.2 Å². The maximum absolute atomic E-state index is 13.2. The molecule has 4 heteroatoms. The molecule has 5 rings (SSSR count). The minimum absolute atomic E-state index is 0.0358. The highest BCUT2D eigenvalue weighted by Gasteiger charge is 2.42. The van der Waals surface area contributed by atoms with Crippen LogP contribution >= 0.6 is 0 Å². The first-order chi connectivity index (χ1) is 15.1. The Balaban J connectivity index is 1.32. The number of fused-ring (bicyclic) bond motifs is 2. The van der Waals surface area contributed by atoms with Gasteiger partial charge in [0, 0.05) is 12.0 Å². The molecule has 2 aromatic rings. The zero-order valence-electron chi connectivity index (χ0n) is 18.5. The van der Waals surface area contributed by atoms with E-state index in [9.17, 15) is 4.79 Å². The fourth-order valence-electron chi connectivity index (χ4n) is 5.64. The van der Waals surface area contributed by atoms with Gasteiger partial charge in [-0.25, -0.2) is 0 Å². The highest BCUT2D eigenvalue weighted by Crippen LogP contribution is 2.46. The lowest BCUT2D eigenvalue weighted by molar-refractivity contribution is -0.128. The van der Waals surface area contributed by atoms with Gasteiger partial charge in [-0.15, -0.1) is 0 Å². The minimum atomic E-state index is -0.536. The lowest BCUT2D eigenvalue weighted by Gasteiger charge is -2.44. The number of aryl methyl sites for hydroxylation is 1. The predicted octanol–water partition coefficient (Wildman–Crippen LogP) is 5.68. The molecule has 0 radical (unpaired) electrons. The molecule has 1 amide bonds. The molecule has 164 valence electrons. The largest absolute Gasteiger partial charge is 0.487 e. The molecule has 0 saturated heterocycles. The second-order valence-electron chi connectivity index (χ2n) is 9.51. The second-order valence-corrected chi connectivity index (χ2v) is 9.51. The highest BCUT2D eigenvalue weighted by molar-refractivity contribution is 5.81. The Morgan fingerprint density at radius 2 is 1.84 bits per heavy atom. The van der Waals surface area contributed by atoms with Gasteiger partial charge in [-0.2, -0.15) is 0 Å². The number of benzene rings is 2. The van der Waals surface area contributed by atoms with Crippen molar-refractivity contribution in [1.29, 1.82) is 0 Å². The van der Waals surface area contributed by atoms with Crippen LogP contribution in [0, 0.1) is 0 Å². The van der Waals surface area contributed by atoms with E-state index in [0.717, 1.165) is 49.2 Å². The molecule has 1 fully saturated rings. The second kappa shape index (κ2) is 8.57. The number of hydrogen-bond acceptors (Lipinski definition) is 3. The topological polar surface area (TPSA) is 47.6 Å². The van der Waals surface area contributed by atoms with Crippen molar-refractivity contribution >= 4 is 5.91 Å². The summed E-state index contributed by atoms with van der Waals surface area (Å²) in [6.07, 6.45) is 10.7. The fourth-order valence-corrected chi connectivity index (χ4v) is 5.64. The van der Waals surface area contributed by atoms with E-state index in [1.54, 1.807) is 0 Å². The standard InChI is InChI=1S/C27H33NO3/c1-19(30-24-15-9-11-20-10-3-4-12-21(20)24)26(29)28-23-18-27(16-7-2-8-17-27)31-25-14-6-5-13-22(23)25/h5-6,9,11,13-15,19,23H,2-4,7-8,10,12,16-18H2,1H3,(H,28,29). The maximum atomic E-state index is 13.2. The van der Waals surface area contributed by atoms with E-state index in [0.29, 0.717) is 0 Å². The average Bonchev–Trinajstić information content (AvgIpc) is 2.80. The summed E-state index contributed by atoms with van der Waals surface area (Å²) in [4.78, 5) is 13.2. The SMILES string of the molecule is CC(Oc1cccc2c1CCCC2)C(=O)NC1CC2(CCCCC2)Oc2ccccc21. The molecule has 1 saturated carbocycles. The van der Waals surface area contributed by atoms with E-state index in [1.807, 2.05) is 37.3 Å². The van der Waals surface area contributed by atoms with Crippen LogP contribution in [0.25, 0.3) is 0 Å². The van der Waals surface area contributed by atoms with Crippen molar-refractivity contribution < 1.29 is 14.3 Å². The minimum Gasteiger partial charge on any atom is -0.487 e. The number of rotatable bonds is 4. The van der Waals surface area contributed by atoms with Gasteiger partial charge in [-0.3, -0.25) is 4.79 Å². The van der Waals surface area contributed by atoms with Gasteiger partial charge in [0.2, 0.25) is 0 Å². The smallest absolute Gasteiger partial charge is 0.261 e. The number of hydrogen-bond donors (Lipinski definition) is 1. The summed E-state index contributed by atoms with van der Waals surface area (Å²) in [6, 6.07) is 14.4. The molecule has 0 bridgehead atoms. The van der Waals surface area contributed by atoms with Crippen LogP contribution < -0.4 is 14.8 Å². The molecule has 2 atom stereocenters. The van der Waals surface area contributed by atoms with Crippen LogP contribution in [0.5, 0.6) is 11.5 Å². The molecular formula is C27H33NO3. The van der Waals surface area contributed by atoms with Crippen LogP contribution in [-0.2, 0) is 17.6 Å². The molecule has 1 heterocycles. The number of nitrogens with one attached hydrogen (secondary N) is 1. The number of para-hydroxylation sites is 1. The van der Waals surface area contributed by atoms with Crippen molar-refractivity contribution in [2.24, 2.45) is 0 Å². The van der Waals surface area contributed by atoms with Crippen LogP contribution in [0.2, 0.25) is 0 Å². The van der Waals surface area contributed by atoms with E-state index >= 15 is 0 Å².